The third kappa shape index (κ3) is 2.70. The smallest absolute Gasteiger partial charge is 0.111 e. The van der Waals surface area contributed by atoms with Gasteiger partial charge in [0, 0.05) is 35.9 Å². The molecule has 17 heavy (non-hydrogen) atoms. The van der Waals surface area contributed by atoms with E-state index in [4.69, 9.17) is 11.6 Å². The Morgan fingerprint density at radius 1 is 1.53 bits per heavy atom. The van der Waals surface area contributed by atoms with Crippen LogP contribution in [0.25, 0.3) is 0 Å². The lowest BCUT2D eigenvalue weighted by Gasteiger charge is -2.13. The normalized spacial score (nSPS) is 12.7. The highest BCUT2D eigenvalue weighted by Gasteiger charge is 2.15. The molecule has 2 rings (SSSR count). The molecule has 1 atom stereocenters. The number of hydrogen-bond donors (Lipinski definition) is 1. The quantitative estimate of drug-likeness (QED) is 0.945. The predicted octanol–water partition coefficient (Wildman–Crippen LogP) is 3.11. The van der Waals surface area contributed by atoms with E-state index in [0.29, 0.717) is 17.0 Å². The van der Waals surface area contributed by atoms with Gasteiger partial charge < -0.3 is 9.67 Å². The maximum atomic E-state index is 10.2. The summed E-state index contributed by atoms with van der Waals surface area (Å²) in [6, 6.07) is 5.52. The summed E-state index contributed by atoms with van der Waals surface area (Å²) in [6.07, 6.45) is 3.36. The summed E-state index contributed by atoms with van der Waals surface area (Å²) in [7, 11) is 1.90. The Labute approximate surface area is 113 Å². The van der Waals surface area contributed by atoms with Gasteiger partial charge in [-0.15, -0.1) is 0 Å². The van der Waals surface area contributed by atoms with E-state index in [1.165, 1.54) is 0 Å². The standard InChI is InChI=1S/C12H12BrClN2O/c1-16-6-5-15-11(16)7-10(17)8-3-2-4-9(13)12(8)14/h2-6,10,17H,7H2,1H3. The van der Waals surface area contributed by atoms with Crippen molar-refractivity contribution in [1.82, 2.24) is 9.55 Å². The molecule has 1 heterocycles. The molecule has 3 nitrogen and oxygen atoms in total. The third-order valence-corrected chi connectivity index (χ3v) is 3.95. The van der Waals surface area contributed by atoms with Crippen molar-refractivity contribution in [3.63, 3.8) is 0 Å². The SMILES string of the molecule is Cn1ccnc1CC(O)c1cccc(Br)c1Cl. The van der Waals surface area contributed by atoms with Crippen LogP contribution in [0.1, 0.15) is 17.5 Å². The molecule has 0 fully saturated rings. The summed E-state index contributed by atoms with van der Waals surface area (Å²) < 4.78 is 2.67. The van der Waals surface area contributed by atoms with E-state index in [0.717, 1.165) is 10.3 Å². The Morgan fingerprint density at radius 2 is 2.29 bits per heavy atom. The largest absolute Gasteiger partial charge is 0.388 e. The van der Waals surface area contributed by atoms with Crippen LogP contribution in [0.15, 0.2) is 35.1 Å². The van der Waals surface area contributed by atoms with E-state index in [1.807, 2.05) is 36.0 Å². The minimum absolute atomic E-state index is 0.444. The van der Waals surface area contributed by atoms with E-state index in [2.05, 4.69) is 20.9 Å². The highest BCUT2D eigenvalue weighted by atomic mass is 79.9. The number of aryl methyl sites for hydroxylation is 1. The fraction of sp³-hybridized carbons (Fsp3) is 0.250. The number of aromatic nitrogens is 2. The highest BCUT2D eigenvalue weighted by Crippen LogP contribution is 2.31. The van der Waals surface area contributed by atoms with E-state index < -0.39 is 6.10 Å². The van der Waals surface area contributed by atoms with Crippen LogP contribution >= 0.6 is 27.5 Å². The number of rotatable bonds is 3. The minimum Gasteiger partial charge on any atom is -0.388 e. The molecule has 0 aliphatic carbocycles. The van der Waals surface area contributed by atoms with Gasteiger partial charge in [-0.2, -0.15) is 0 Å². The zero-order chi connectivity index (χ0) is 12.4. The van der Waals surface area contributed by atoms with Gasteiger partial charge in [0.25, 0.3) is 0 Å². The second-order valence-electron chi connectivity index (χ2n) is 3.82. The number of imidazole rings is 1. The Hall–Kier alpha value is -0.840. The van der Waals surface area contributed by atoms with E-state index >= 15 is 0 Å². The van der Waals surface area contributed by atoms with Gasteiger partial charge in [0.15, 0.2) is 0 Å². The van der Waals surface area contributed by atoms with Gasteiger partial charge in [0.2, 0.25) is 0 Å². The van der Waals surface area contributed by atoms with Crippen molar-refractivity contribution in [3.8, 4) is 0 Å². The summed E-state index contributed by atoms with van der Waals surface area (Å²) in [5.74, 6) is 0.827. The molecule has 0 aliphatic rings. The van der Waals surface area contributed by atoms with Crippen molar-refractivity contribution < 1.29 is 5.11 Å². The van der Waals surface area contributed by atoms with Crippen LogP contribution in [0.5, 0.6) is 0 Å². The average Bonchev–Trinajstić information content (AvgIpc) is 2.68. The number of aliphatic hydroxyl groups excluding tert-OH is 1. The lowest BCUT2D eigenvalue weighted by Crippen LogP contribution is -2.07. The van der Waals surface area contributed by atoms with Crippen molar-refractivity contribution in [2.45, 2.75) is 12.5 Å². The molecule has 1 aromatic carbocycles. The van der Waals surface area contributed by atoms with Crippen molar-refractivity contribution in [3.05, 3.63) is 51.5 Å². The average molecular weight is 316 g/mol. The molecule has 2 aromatic rings. The van der Waals surface area contributed by atoms with Gasteiger partial charge >= 0.3 is 0 Å². The summed E-state index contributed by atoms with van der Waals surface area (Å²) in [4.78, 5) is 4.18. The van der Waals surface area contributed by atoms with Crippen molar-refractivity contribution in [2.24, 2.45) is 7.05 Å². The van der Waals surface area contributed by atoms with Gasteiger partial charge in [0.1, 0.15) is 5.82 Å². The van der Waals surface area contributed by atoms with Crippen LogP contribution in [-0.4, -0.2) is 14.7 Å². The topological polar surface area (TPSA) is 38.0 Å². The minimum atomic E-state index is -0.652. The molecule has 1 unspecified atom stereocenters. The Kier molecular flexibility index (Phi) is 3.86. The molecule has 0 bridgehead atoms. The second kappa shape index (κ2) is 5.21. The van der Waals surface area contributed by atoms with Crippen molar-refractivity contribution >= 4 is 27.5 Å². The molecule has 0 spiro atoms. The van der Waals surface area contributed by atoms with Gasteiger partial charge in [-0.1, -0.05) is 23.7 Å². The van der Waals surface area contributed by atoms with Crippen LogP contribution in [0.3, 0.4) is 0 Å². The molecule has 1 N–H and O–H groups in total. The molecule has 0 radical (unpaired) electrons. The van der Waals surface area contributed by atoms with Crippen LogP contribution in [-0.2, 0) is 13.5 Å². The summed E-state index contributed by atoms with van der Waals surface area (Å²) in [5.41, 5.74) is 0.712. The number of benzene rings is 1. The van der Waals surface area contributed by atoms with Crippen LogP contribution in [0, 0.1) is 0 Å². The molecule has 0 saturated heterocycles. The zero-order valence-corrected chi connectivity index (χ0v) is 11.6. The number of hydrogen-bond acceptors (Lipinski definition) is 2. The molecule has 0 amide bonds. The number of halogens is 2. The molecule has 1 aromatic heterocycles. The fourth-order valence-corrected chi connectivity index (χ4v) is 2.29. The van der Waals surface area contributed by atoms with Gasteiger partial charge in [-0.25, -0.2) is 4.98 Å². The first-order valence-corrected chi connectivity index (χ1v) is 6.35. The van der Waals surface area contributed by atoms with Crippen molar-refractivity contribution in [1.29, 1.82) is 0 Å². The van der Waals surface area contributed by atoms with Crippen LogP contribution < -0.4 is 0 Å². The summed E-state index contributed by atoms with van der Waals surface area (Å²) in [5, 5.41) is 10.7. The molecule has 5 heteroatoms. The molecular formula is C12H12BrClN2O. The van der Waals surface area contributed by atoms with Crippen LogP contribution in [0.4, 0.5) is 0 Å². The highest BCUT2D eigenvalue weighted by molar-refractivity contribution is 9.10. The number of aliphatic hydroxyl groups is 1. The van der Waals surface area contributed by atoms with Crippen LogP contribution in [0.2, 0.25) is 5.02 Å². The molecule has 0 saturated carbocycles. The number of nitrogens with zero attached hydrogens (tertiary/aromatic N) is 2. The summed E-state index contributed by atoms with van der Waals surface area (Å²) in [6.45, 7) is 0. The Morgan fingerprint density at radius 3 is 2.94 bits per heavy atom. The molecule has 0 aliphatic heterocycles. The lowest BCUT2D eigenvalue weighted by atomic mass is 10.1. The summed E-state index contributed by atoms with van der Waals surface area (Å²) >= 11 is 9.48. The molecular weight excluding hydrogens is 304 g/mol. The van der Waals surface area contributed by atoms with Gasteiger partial charge in [-0.05, 0) is 22.0 Å². The second-order valence-corrected chi connectivity index (χ2v) is 5.05. The first kappa shape index (κ1) is 12.6. The zero-order valence-electron chi connectivity index (χ0n) is 9.27. The third-order valence-electron chi connectivity index (χ3n) is 2.64. The van der Waals surface area contributed by atoms with Crippen molar-refractivity contribution in [2.75, 3.05) is 0 Å². The van der Waals surface area contributed by atoms with Gasteiger partial charge in [-0.3, -0.25) is 0 Å². The lowest BCUT2D eigenvalue weighted by molar-refractivity contribution is 0.175. The first-order chi connectivity index (χ1) is 8.09. The van der Waals surface area contributed by atoms with E-state index in [-0.39, 0.29) is 0 Å². The maximum Gasteiger partial charge on any atom is 0.111 e. The first-order valence-electron chi connectivity index (χ1n) is 5.17. The monoisotopic (exact) mass is 314 g/mol. The Balaban J connectivity index is 2.23. The van der Waals surface area contributed by atoms with E-state index in [1.54, 1.807) is 6.20 Å². The molecule has 90 valence electrons. The predicted molar refractivity (Wildman–Crippen MR) is 71.0 cm³/mol. The maximum absolute atomic E-state index is 10.2. The van der Waals surface area contributed by atoms with Gasteiger partial charge in [0.05, 0.1) is 11.1 Å². The van der Waals surface area contributed by atoms with E-state index in [9.17, 15) is 5.11 Å². The fourth-order valence-electron chi connectivity index (χ4n) is 1.65. The Bertz CT molecular complexity index is 527.